The van der Waals surface area contributed by atoms with Crippen molar-refractivity contribution in [3.05, 3.63) is 119 Å². The van der Waals surface area contributed by atoms with Crippen molar-refractivity contribution in [1.29, 1.82) is 0 Å². The number of aryl methyl sites for hydroxylation is 2. The van der Waals surface area contributed by atoms with E-state index in [-0.39, 0.29) is 5.91 Å². The highest BCUT2D eigenvalue weighted by Crippen LogP contribution is 2.45. The van der Waals surface area contributed by atoms with Crippen molar-refractivity contribution in [3.8, 4) is 22.3 Å². The Hall–Kier alpha value is -5.16. The molecule has 3 N–H and O–H groups in total. The summed E-state index contributed by atoms with van der Waals surface area (Å²) < 4.78 is 6.38. The second-order valence-electron chi connectivity index (χ2n) is 10.3. The first-order valence-electron chi connectivity index (χ1n) is 13.3. The van der Waals surface area contributed by atoms with E-state index in [4.69, 9.17) is 10.2 Å². The zero-order valence-corrected chi connectivity index (χ0v) is 22.3. The molecule has 0 aliphatic carbocycles. The predicted molar refractivity (Wildman–Crippen MR) is 163 cm³/mol. The van der Waals surface area contributed by atoms with E-state index in [9.17, 15) is 4.79 Å². The van der Waals surface area contributed by atoms with Crippen LogP contribution in [0.3, 0.4) is 0 Å². The van der Waals surface area contributed by atoms with Crippen LogP contribution in [0.5, 0.6) is 0 Å². The molecule has 0 saturated heterocycles. The molecule has 4 aromatic carbocycles. The van der Waals surface area contributed by atoms with Crippen molar-refractivity contribution in [3.63, 3.8) is 0 Å². The van der Waals surface area contributed by atoms with Crippen molar-refractivity contribution in [2.75, 3.05) is 5.73 Å². The molecule has 3 heterocycles. The zero-order chi connectivity index (χ0) is 27.4. The molecule has 40 heavy (non-hydrogen) atoms. The number of nitrogen functional groups attached to an aromatic ring is 1. The second kappa shape index (κ2) is 9.24. The molecule has 1 amide bonds. The van der Waals surface area contributed by atoms with Crippen LogP contribution in [0.15, 0.2) is 101 Å². The van der Waals surface area contributed by atoms with Gasteiger partial charge in [-0.3, -0.25) is 4.79 Å². The molecule has 0 spiro atoms. The summed E-state index contributed by atoms with van der Waals surface area (Å²) in [6.45, 7) is 4.28. The molecule has 0 radical (unpaired) electrons. The van der Waals surface area contributed by atoms with Crippen LogP contribution in [0.25, 0.3) is 55.0 Å². The summed E-state index contributed by atoms with van der Waals surface area (Å²) in [7, 11) is 0. The maximum atomic E-state index is 13.2. The molecular weight excluding hydrogens is 494 g/mol. The van der Waals surface area contributed by atoms with E-state index in [1.54, 1.807) is 0 Å². The molecule has 0 unspecified atom stereocenters. The molecular formula is C35H27N3O2. The van der Waals surface area contributed by atoms with Gasteiger partial charge in [-0.1, -0.05) is 60.7 Å². The summed E-state index contributed by atoms with van der Waals surface area (Å²) in [5, 5.41) is 7.15. The fraction of sp³-hybridized carbons (Fsp3) is 0.0857. The van der Waals surface area contributed by atoms with Gasteiger partial charge < -0.3 is 15.5 Å². The van der Waals surface area contributed by atoms with Gasteiger partial charge in [-0.25, -0.2) is 4.98 Å². The monoisotopic (exact) mass is 521 g/mol. The van der Waals surface area contributed by atoms with Crippen LogP contribution in [0.2, 0.25) is 0 Å². The highest BCUT2D eigenvalue weighted by Gasteiger charge is 2.21. The number of nitrogens with zero attached hydrogens (tertiary/aromatic N) is 1. The Morgan fingerprint density at radius 1 is 0.750 bits per heavy atom. The van der Waals surface area contributed by atoms with Gasteiger partial charge >= 0.3 is 0 Å². The van der Waals surface area contributed by atoms with Crippen LogP contribution < -0.4 is 11.1 Å². The van der Waals surface area contributed by atoms with E-state index in [1.165, 1.54) is 0 Å². The number of pyridine rings is 1. The first-order valence-corrected chi connectivity index (χ1v) is 13.3. The first-order chi connectivity index (χ1) is 19.5. The smallest absolute Gasteiger partial charge is 0.251 e. The third-order valence-corrected chi connectivity index (χ3v) is 7.79. The topological polar surface area (TPSA) is 81.1 Å². The number of nitrogens with two attached hydrogens (primary N) is 1. The van der Waals surface area contributed by atoms with E-state index in [2.05, 4.69) is 71.0 Å². The SMILES string of the molecule is Cc1cc(N)nc(C)c1CNC(=O)c1ccc2c(c1)c1oc2c2cc(-c3ccccc3)c(-c3ccccc3)cc21. The fourth-order valence-corrected chi connectivity index (χ4v) is 5.80. The molecule has 7 rings (SSSR count). The highest BCUT2D eigenvalue weighted by atomic mass is 16.3. The Bertz CT molecular complexity index is 2020. The quantitative estimate of drug-likeness (QED) is 0.225. The average molecular weight is 522 g/mol. The maximum absolute atomic E-state index is 13.2. The summed E-state index contributed by atoms with van der Waals surface area (Å²) in [5.41, 5.74) is 15.5. The molecule has 5 nitrogen and oxygen atoms in total. The number of aromatic nitrogens is 1. The van der Waals surface area contributed by atoms with Gasteiger partial charge in [0.2, 0.25) is 0 Å². The van der Waals surface area contributed by atoms with Gasteiger partial charge in [0.1, 0.15) is 17.0 Å². The molecule has 0 fully saturated rings. The average Bonchev–Trinajstić information content (AvgIpc) is 3.53. The molecule has 0 aliphatic heterocycles. The van der Waals surface area contributed by atoms with Crippen molar-refractivity contribution in [2.24, 2.45) is 0 Å². The maximum Gasteiger partial charge on any atom is 0.251 e. The lowest BCUT2D eigenvalue weighted by atomic mass is 9.90. The zero-order valence-electron chi connectivity index (χ0n) is 22.3. The fourth-order valence-electron chi connectivity index (χ4n) is 5.80. The number of benzene rings is 5. The number of nitrogens with one attached hydrogen (secondary N) is 1. The number of anilines is 1. The molecule has 7 aromatic rings. The Morgan fingerprint density at radius 3 is 1.93 bits per heavy atom. The summed E-state index contributed by atoms with van der Waals surface area (Å²) in [4.78, 5) is 17.5. The number of carbonyl (C=O) groups is 1. The van der Waals surface area contributed by atoms with E-state index >= 15 is 0 Å². The molecule has 0 aliphatic rings. The van der Waals surface area contributed by atoms with Crippen LogP contribution in [0.1, 0.15) is 27.2 Å². The number of rotatable bonds is 5. The lowest BCUT2D eigenvalue weighted by Crippen LogP contribution is -2.24. The number of hydrogen-bond donors (Lipinski definition) is 2. The van der Waals surface area contributed by atoms with E-state index in [0.717, 1.165) is 71.8 Å². The summed E-state index contributed by atoms with van der Waals surface area (Å²) in [6.07, 6.45) is 0. The third-order valence-electron chi connectivity index (χ3n) is 7.79. The van der Waals surface area contributed by atoms with Gasteiger partial charge in [0.05, 0.1) is 0 Å². The Labute approximate surface area is 231 Å². The van der Waals surface area contributed by atoms with Crippen LogP contribution in [-0.2, 0) is 6.54 Å². The third kappa shape index (κ3) is 3.86. The Balaban J connectivity index is 1.31. The number of amides is 1. The van der Waals surface area contributed by atoms with Crippen LogP contribution in [0, 0.1) is 13.8 Å². The van der Waals surface area contributed by atoms with Crippen molar-refractivity contribution in [2.45, 2.75) is 20.4 Å². The van der Waals surface area contributed by atoms with Crippen molar-refractivity contribution >= 4 is 44.4 Å². The second-order valence-corrected chi connectivity index (χ2v) is 10.3. The van der Waals surface area contributed by atoms with Gasteiger partial charge in [0.15, 0.2) is 0 Å². The summed E-state index contributed by atoms with van der Waals surface area (Å²) in [5.74, 6) is 0.344. The number of furan rings is 2. The summed E-state index contributed by atoms with van der Waals surface area (Å²) in [6, 6.07) is 33.0. The molecule has 0 atom stereocenters. The number of hydrogen-bond acceptors (Lipinski definition) is 4. The van der Waals surface area contributed by atoms with Gasteiger partial charge in [0.25, 0.3) is 5.91 Å². The molecule has 2 bridgehead atoms. The lowest BCUT2D eigenvalue weighted by Gasteiger charge is -2.13. The molecule has 5 heteroatoms. The minimum Gasteiger partial charge on any atom is -0.455 e. The van der Waals surface area contributed by atoms with Gasteiger partial charge in [0, 0.05) is 39.3 Å². The minimum atomic E-state index is -0.142. The first kappa shape index (κ1) is 23.9. The normalized spacial score (nSPS) is 11.6. The number of fused-ring (bicyclic) bond motifs is 8. The van der Waals surface area contributed by atoms with Crippen molar-refractivity contribution < 1.29 is 9.21 Å². The van der Waals surface area contributed by atoms with Crippen LogP contribution in [0.4, 0.5) is 5.82 Å². The lowest BCUT2D eigenvalue weighted by molar-refractivity contribution is 0.0951. The van der Waals surface area contributed by atoms with Crippen LogP contribution >= 0.6 is 0 Å². The molecule has 0 saturated carbocycles. The number of carbonyl (C=O) groups excluding carboxylic acids is 1. The minimum absolute atomic E-state index is 0.142. The van der Waals surface area contributed by atoms with E-state index in [1.807, 2.05) is 50.2 Å². The molecule has 194 valence electrons. The predicted octanol–water partition coefficient (Wildman–Crippen LogP) is 8.04. The largest absolute Gasteiger partial charge is 0.455 e. The highest BCUT2D eigenvalue weighted by molar-refractivity contribution is 6.27. The Kier molecular flexibility index (Phi) is 5.53. The van der Waals surface area contributed by atoms with E-state index < -0.39 is 0 Å². The van der Waals surface area contributed by atoms with Gasteiger partial charge in [-0.2, -0.15) is 0 Å². The summed E-state index contributed by atoms with van der Waals surface area (Å²) >= 11 is 0. The standard InChI is InChI=1S/C35H27N3O2/c1-20-15-32(36)38-21(2)31(20)19-37-35(39)24-13-14-25-28(16-24)34-30-18-27(23-11-7-4-8-12-23)26(17-29(30)33(25)40-34)22-9-5-3-6-10-22/h3-18H,19H2,1-2H3,(H2,36,38)(H,37,39). The van der Waals surface area contributed by atoms with Crippen molar-refractivity contribution in [1.82, 2.24) is 10.3 Å². The Morgan fingerprint density at radius 2 is 1.32 bits per heavy atom. The molecule has 3 aromatic heterocycles. The van der Waals surface area contributed by atoms with Crippen LogP contribution in [-0.4, -0.2) is 10.9 Å². The van der Waals surface area contributed by atoms with Gasteiger partial charge in [-0.15, -0.1) is 0 Å². The van der Waals surface area contributed by atoms with Gasteiger partial charge in [-0.05, 0) is 83.6 Å². The van der Waals surface area contributed by atoms with E-state index in [0.29, 0.717) is 17.9 Å².